The summed E-state index contributed by atoms with van der Waals surface area (Å²) in [5.41, 5.74) is 7.01. The standard InChI is InChI=1S/C20H24N2S/c1-15-12-18-9-11-22(14-19(18)13-16(15)2)20(23)21-10-8-17-6-4-3-5-7-17/h3-7,12-13H,8-11,14H2,1-2H3,(H,21,23). The van der Waals surface area contributed by atoms with Gasteiger partial charge in [-0.2, -0.15) is 0 Å². The summed E-state index contributed by atoms with van der Waals surface area (Å²) in [6, 6.07) is 15.2. The molecule has 0 aliphatic carbocycles. The zero-order chi connectivity index (χ0) is 16.2. The monoisotopic (exact) mass is 324 g/mol. The van der Waals surface area contributed by atoms with Gasteiger partial charge in [0.25, 0.3) is 0 Å². The van der Waals surface area contributed by atoms with E-state index in [0.717, 1.165) is 37.6 Å². The van der Waals surface area contributed by atoms with Crippen molar-refractivity contribution in [1.29, 1.82) is 0 Å². The van der Waals surface area contributed by atoms with E-state index >= 15 is 0 Å². The normalized spacial score (nSPS) is 13.6. The molecule has 1 aliphatic heterocycles. The Morgan fingerprint density at radius 2 is 1.78 bits per heavy atom. The molecule has 0 aromatic heterocycles. The van der Waals surface area contributed by atoms with Crippen LogP contribution in [0, 0.1) is 13.8 Å². The number of nitrogens with one attached hydrogen (secondary N) is 1. The van der Waals surface area contributed by atoms with Crippen molar-refractivity contribution in [2.75, 3.05) is 13.1 Å². The lowest BCUT2D eigenvalue weighted by Crippen LogP contribution is -2.43. The second-order valence-corrected chi connectivity index (χ2v) is 6.73. The summed E-state index contributed by atoms with van der Waals surface area (Å²) in [6.07, 6.45) is 2.08. The molecule has 0 saturated heterocycles. The number of thiocarbonyl (C=S) groups is 1. The molecule has 0 fully saturated rings. The van der Waals surface area contributed by atoms with E-state index in [1.807, 2.05) is 0 Å². The number of aryl methyl sites for hydroxylation is 2. The van der Waals surface area contributed by atoms with Crippen molar-refractivity contribution >= 4 is 17.3 Å². The lowest BCUT2D eigenvalue weighted by Gasteiger charge is -2.31. The molecule has 0 bridgehead atoms. The molecule has 0 spiro atoms. The second-order valence-electron chi connectivity index (χ2n) is 6.34. The molecule has 3 heteroatoms. The van der Waals surface area contributed by atoms with Crippen LogP contribution in [0.4, 0.5) is 0 Å². The van der Waals surface area contributed by atoms with Gasteiger partial charge in [0.15, 0.2) is 5.11 Å². The fraction of sp³-hybridized carbons (Fsp3) is 0.350. The third kappa shape index (κ3) is 3.91. The lowest BCUT2D eigenvalue weighted by atomic mass is 9.95. The zero-order valence-electron chi connectivity index (χ0n) is 13.9. The van der Waals surface area contributed by atoms with E-state index in [4.69, 9.17) is 12.2 Å². The molecule has 0 saturated carbocycles. The summed E-state index contributed by atoms with van der Waals surface area (Å²) in [5, 5.41) is 4.29. The highest BCUT2D eigenvalue weighted by molar-refractivity contribution is 7.80. The Balaban J connectivity index is 1.55. The van der Waals surface area contributed by atoms with Gasteiger partial charge < -0.3 is 10.2 Å². The van der Waals surface area contributed by atoms with Crippen molar-refractivity contribution in [3.05, 3.63) is 70.3 Å². The van der Waals surface area contributed by atoms with Crippen LogP contribution in [0.2, 0.25) is 0 Å². The van der Waals surface area contributed by atoms with Gasteiger partial charge in [0, 0.05) is 19.6 Å². The van der Waals surface area contributed by atoms with Gasteiger partial charge in [-0.3, -0.25) is 0 Å². The van der Waals surface area contributed by atoms with E-state index in [-0.39, 0.29) is 0 Å². The van der Waals surface area contributed by atoms with Crippen molar-refractivity contribution < 1.29 is 0 Å². The summed E-state index contributed by atoms with van der Waals surface area (Å²) in [7, 11) is 0. The third-order valence-corrected chi connectivity index (χ3v) is 5.05. The number of hydrogen-bond donors (Lipinski definition) is 1. The van der Waals surface area contributed by atoms with Crippen LogP contribution in [0.5, 0.6) is 0 Å². The van der Waals surface area contributed by atoms with Crippen molar-refractivity contribution in [3.8, 4) is 0 Å². The van der Waals surface area contributed by atoms with Crippen molar-refractivity contribution in [2.45, 2.75) is 33.2 Å². The molecule has 2 aromatic carbocycles. The highest BCUT2D eigenvalue weighted by atomic mass is 32.1. The fourth-order valence-corrected chi connectivity index (χ4v) is 3.36. The van der Waals surface area contributed by atoms with Gasteiger partial charge in [-0.05, 0) is 66.7 Å². The average Bonchev–Trinajstić information content (AvgIpc) is 2.56. The molecule has 0 atom stereocenters. The van der Waals surface area contributed by atoms with Crippen LogP contribution >= 0.6 is 12.2 Å². The van der Waals surface area contributed by atoms with E-state index in [0.29, 0.717) is 0 Å². The van der Waals surface area contributed by atoms with Gasteiger partial charge in [-0.15, -0.1) is 0 Å². The Hall–Kier alpha value is -1.87. The molecule has 120 valence electrons. The predicted molar refractivity (Wildman–Crippen MR) is 101 cm³/mol. The summed E-state index contributed by atoms with van der Waals surface area (Å²) in [5.74, 6) is 0. The molecule has 3 rings (SSSR count). The largest absolute Gasteiger partial charge is 0.362 e. The minimum Gasteiger partial charge on any atom is -0.362 e. The molecule has 0 amide bonds. The van der Waals surface area contributed by atoms with E-state index < -0.39 is 0 Å². The van der Waals surface area contributed by atoms with Crippen LogP contribution in [0.3, 0.4) is 0 Å². The molecule has 23 heavy (non-hydrogen) atoms. The molecule has 2 nitrogen and oxygen atoms in total. The SMILES string of the molecule is Cc1cc2c(cc1C)CN(C(=S)NCCc1ccccc1)CC2. The first-order chi connectivity index (χ1) is 11.1. The van der Waals surface area contributed by atoms with Crippen molar-refractivity contribution in [2.24, 2.45) is 0 Å². The summed E-state index contributed by atoms with van der Waals surface area (Å²) < 4.78 is 0. The van der Waals surface area contributed by atoms with Crippen LogP contribution in [0.1, 0.15) is 27.8 Å². The van der Waals surface area contributed by atoms with Gasteiger partial charge in [-0.25, -0.2) is 0 Å². The first-order valence-corrected chi connectivity index (χ1v) is 8.70. The fourth-order valence-electron chi connectivity index (χ4n) is 3.10. The van der Waals surface area contributed by atoms with E-state index in [2.05, 4.69) is 66.5 Å². The van der Waals surface area contributed by atoms with Crippen LogP contribution in [-0.2, 0) is 19.4 Å². The molecular weight excluding hydrogens is 300 g/mol. The first-order valence-electron chi connectivity index (χ1n) is 8.29. The maximum absolute atomic E-state index is 5.59. The maximum Gasteiger partial charge on any atom is 0.169 e. The Morgan fingerprint density at radius 3 is 2.52 bits per heavy atom. The Kier molecular flexibility index (Phi) is 4.97. The van der Waals surface area contributed by atoms with E-state index in [1.54, 1.807) is 0 Å². The smallest absolute Gasteiger partial charge is 0.169 e. The number of rotatable bonds is 3. The van der Waals surface area contributed by atoms with Gasteiger partial charge in [0.05, 0.1) is 0 Å². The molecular formula is C20H24N2S. The first kappa shape index (κ1) is 16.0. The zero-order valence-corrected chi connectivity index (χ0v) is 14.7. The number of benzene rings is 2. The number of hydrogen-bond acceptors (Lipinski definition) is 1. The summed E-state index contributed by atoms with van der Waals surface area (Å²) in [4.78, 5) is 2.29. The molecule has 1 heterocycles. The lowest BCUT2D eigenvalue weighted by molar-refractivity contribution is 0.387. The molecule has 1 aliphatic rings. The highest BCUT2D eigenvalue weighted by Gasteiger charge is 2.18. The molecule has 0 unspecified atom stereocenters. The summed E-state index contributed by atoms with van der Waals surface area (Å²) >= 11 is 5.59. The number of nitrogens with zero attached hydrogens (tertiary/aromatic N) is 1. The predicted octanol–water partition coefficient (Wildman–Crippen LogP) is 3.78. The van der Waals surface area contributed by atoms with Crippen molar-refractivity contribution in [1.82, 2.24) is 10.2 Å². The topological polar surface area (TPSA) is 15.3 Å². The van der Waals surface area contributed by atoms with Crippen LogP contribution in [0.15, 0.2) is 42.5 Å². The van der Waals surface area contributed by atoms with Gasteiger partial charge in [0.1, 0.15) is 0 Å². The third-order valence-electron chi connectivity index (χ3n) is 4.65. The Morgan fingerprint density at radius 1 is 1.09 bits per heavy atom. The number of fused-ring (bicyclic) bond motifs is 1. The quantitative estimate of drug-likeness (QED) is 0.865. The van der Waals surface area contributed by atoms with E-state index in [1.165, 1.54) is 27.8 Å². The van der Waals surface area contributed by atoms with E-state index in [9.17, 15) is 0 Å². The Labute approximate surface area is 144 Å². The molecule has 1 N–H and O–H groups in total. The Bertz CT molecular complexity index is 694. The molecule has 2 aromatic rings. The minimum absolute atomic E-state index is 0.879. The minimum atomic E-state index is 0.879. The van der Waals surface area contributed by atoms with Gasteiger partial charge >= 0.3 is 0 Å². The van der Waals surface area contributed by atoms with Gasteiger partial charge in [0.2, 0.25) is 0 Å². The van der Waals surface area contributed by atoms with Crippen molar-refractivity contribution in [3.63, 3.8) is 0 Å². The summed E-state index contributed by atoms with van der Waals surface area (Å²) in [6.45, 7) is 7.20. The van der Waals surface area contributed by atoms with Crippen LogP contribution in [0.25, 0.3) is 0 Å². The highest BCUT2D eigenvalue weighted by Crippen LogP contribution is 2.22. The second kappa shape index (κ2) is 7.14. The molecule has 0 radical (unpaired) electrons. The van der Waals surface area contributed by atoms with Crippen LogP contribution < -0.4 is 5.32 Å². The van der Waals surface area contributed by atoms with Gasteiger partial charge in [-0.1, -0.05) is 42.5 Å². The average molecular weight is 324 g/mol. The maximum atomic E-state index is 5.59. The van der Waals surface area contributed by atoms with Crippen LogP contribution in [-0.4, -0.2) is 23.1 Å².